The Bertz CT molecular complexity index is 616. The maximum absolute atomic E-state index is 12.6. The van der Waals surface area contributed by atoms with Crippen molar-refractivity contribution in [3.05, 3.63) is 29.3 Å². The van der Waals surface area contributed by atoms with Crippen LogP contribution in [0.4, 0.5) is 0 Å². The minimum Gasteiger partial charge on any atom is -0.545 e. The van der Waals surface area contributed by atoms with Gasteiger partial charge in [-0.15, -0.1) is 0 Å². The molecule has 0 amide bonds. The standard InChI is InChI=1S/C14H19NO4S/c1-10-5-7-15(8-6-10)20(18,19)13-9-12(14(16)17)4-3-11(13)2/h3-4,9-10H,5-8H2,1-2H3,(H,16,17)/p-1. The van der Waals surface area contributed by atoms with Crippen molar-refractivity contribution in [2.45, 2.75) is 31.6 Å². The lowest BCUT2D eigenvalue weighted by Gasteiger charge is -2.30. The van der Waals surface area contributed by atoms with Crippen molar-refractivity contribution >= 4 is 16.0 Å². The Morgan fingerprint density at radius 2 is 1.90 bits per heavy atom. The second-order valence-corrected chi connectivity index (χ2v) is 7.26. The van der Waals surface area contributed by atoms with Gasteiger partial charge < -0.3 is 9.90 Å². The number of aromatic carboxylic acids is 1. The van der Waals surface area contributed by atoms with E-state index in [9.17, 15) is 18.3 Å². The summed E-state index contributed by atoms with van der Waals surface area (Å²) in [6.07, 6.45) is 1.66. The Balaban J connectivity index is 2.38. The molecule has 1 aromatic rings. The van der Waals surface area contributed by atoms with Gasteiger partial charge in [0.15, 0.2) is 0 Å². The first-order valence-electron chi connectivity index (χ1n) is 6.64. The molecule has 1 aliphatic heterocycles. The van der Waals surface area contributed by atoms with E-state index in [-0.39, 0.29) is 10.5 Å². The van der Waals surface area contributed by atoms with Crippen LogP contribution in [-0.4, -0.2) is 31.8 Å². The lowest BCUT2D eigenvalue weighted by Crippen LogP contribution is -2.38. The Hall–Kier alpha value is -1.40. The van der Waals surface area contributed by atoms with E-state index in [1.807, 2.05) is 0 Å². The molecular weight excluding hydrogens is 278 g/mol. The fourth-order valence-electron chi connectivity index (χ4n) is 2.37. The fraction of sp³-hybridized carbons (Fsp3) is 0.500. The van der Waals surface area contributed by atoms with Crippen LogP contribution in [0.3, 0.4) is 0 Å². The Morgan fingerprint density at radius 1 is 1.30 bits per heavy atom. The van der Waals surface area contributed by atoms with Crippen molar-refractivity contribution in [2.75, 3.05) is 13.1 Å². The molecule has 1 aromatic carbocycles. The van der Waals surface area contributed by atoms with Crippen LogP contribution in [-0.2, 0) is 10.0 Å². The smallest absolute Gasteiger partial charge is 0.243 e. The molecule has 0 spiro atoms. The number of aryl methyl sites for hydroxylation is 1. The van der Waals surface area contributed by atoms with Gasteiger partial charge in [0, 0.05) is 13.1 Å². The zero-order valence-corrected chi connectivity index (χ0v) is 12.4. The summed E-state index contributed by atoms with van der Waals surface area (Å²) in [6.45, 7) is 4.74. The third kappa shape index (κ3) is 2.86. The number of carbonyl (C=O) groups excluding carboxylic acids is 1. The molecule has 6 heteroatoms. The molecule has 1 heterocycles. The molecule has 2 rings (SSSR count). The number of piperidine rings is 1. The molecule has 0 aliphatic carbocycles. The summed E-state index contributed by atoms with van der Waals surface area (Å²) in [6, 6.07) is 4.06. The topological polar surface area (TPSA) is 77.5 Å². The van der Waals surface area contributed by atoms with Gasteiger partial charge in [0.2, 0.25) is 10.0 Å². The predicted octanol–water partition coefficient (Wildman–Crippen LogP) is 0.779. The SMILES string of the molecule is Cc1ccc(C(=O)[O-])cc1S(=O)(=O)N1CCC(C)CC1. The number of carbonyl (C=O) groups is 1. The molecule has 0 saturated carbocycles. The highest BCUT2D eigenvalue weighted by Gasteiger charge is 2.29. The minimum atomic E-state index is -3.63. The number of rotatable bonds is 3. The molecule has 20 heavy (non-hydrogen) atoms. The van der Waals surface area contributed by atoms with E-state index in [2.05, 4.69) is 6.92 Å². The summed E-state index contributed by atoms with van der Waals surface area (Å²) in [5, 5.41) is 10.9. The molecule has 5 nitrogen and oxygen atoms in total. The highest BCUT2D eigenvalue weighted by Crippen LogP contribution is 2.26. The number of hydrogen-bond acceptors (Lipinski definition) is 4. The summed E-state index contributed by atoms with van der Waals surface area (Å²) < 4.78 is 26.6. The highest BCUT2D eigenvalue weighted by atomic mass is 32.2. The summed E-state index contributed by atoms with van der Waals surface area (Å²) in [5.41, 5.74) is 0.438. The van der Waals surface area contributed by atoms with Gasteiger partial charge in [0.1, 0.15) is 0 Å². The Kier molecular flexibility index (Phi) is 4.15. The number of nitrogens with zero attached hydrogens (tertiary/aromatic N) is 1. The van der Waals surface area contributed by atoms with Crippen molar-refractivity contribution < 1.29 is 18.3 Å². The van der Waals surface area contributed by atoms with E-state index in [4.69, 9.17) is 0 Å². The van der Waals surface area contributed by atoms with Crippen LogP contribution < -0.4 is 5.11 Å². The van der Waals surface area contributed by atoms with Crippen LogP contribution in [0.5, 0.6) is 0 Å². The van der Waals surface area contributed by atoms with E-state index in [0.717, 1.165) is 12.8 Å². The predicted molar refractivity (Wildman–Crippen MR) is 72.7 cm³/mol. The van der Waals surface area contributed by atoms with E-state index in [0.29, 0.717) is 24.6 Å². The van der Waals surface area contributed by atoms with Crippen molar-refractivity contribution in [2.24, 2.45) is 5.92 Å². The fourth-order valence-corrected chi connectivity index (χ4v) is 4.09. The van der Waals surface area contributed by atoms with E-state index >= 15 is 0 Å². The number of benzene rings is 1. The van der Waals surface area contributed by atoms with E-state index in [1.165, 1.54) is 22.5 Å². The maximum Gasteiger partial charge on any atom is 0.243 e. The Morgan fingerprint density at radius 3 is 2.45 bits per heavy atom. The highest BCUT2D eigenvalue weighted by molar-refractivity contribution is 7.89. The second-order valence-electron chi connectivity index (χ2n) is 5.35. The molecule has 110 valence electrons. The molecule has 0 aromatic heterocycles. The summed E-state index contributed by atoms with van der Waals surface area (Å²) >= 11 is 0. The van der Waals surface area contributed by atoms with Crippen molar-refractivity contribution in [3.63, 3.8) is 0 Å². The number of carboxylic acid groups (broad SMARTS) is 1. The first kappa shape index (κ1) is 15.0. The van der Waals surface area contributed by atoms with Crippen LogP contribution in [0.2, 0.25) is 0 Å². The van der Waals surface area contributed by atoms with Crippen LogP contribution in [0.25, 0.3) is 0 Å². The van der Waals surface area contributed by atoms with Gasteiger partial charge >= 0.3 is 0 Å². The van der Waals surface area contributed by atoms with Crippen molar-refractivity contribution in [3.8, 4) is 0 Å². The maximum atomic E-state index is 12.6. The molecule has 0 N–H and O–H groups in total. The molecule has 1 fully saturated rings. The zero-order valence-electron chi connectivity index (χ0n) is 11.6. The number of carboxylic acids is 1. The first-order valence-corrected chi connectivity index (χ1v) is 8.08. The summed E-state index contributed by atoms with van der Waals surface area (Å²) in [7, 11) is -3.63. The third-order valence-electron chi connectivity index (χ3n) is 3.78. The quantitative estimate of drug-likeness (QED) is 0.826. The van der Waals surface area contributed by atoms with E-state index in [1.54, 1.807) is 6.92 Å². The van der Waals surface area contributed by atoms with E-state index < -0.39 is 16.0 Å². The monoisotopic (exact) mass is 296 g/mol. The number of hydrogen-bond donors (Lipinski definition) is 0. The molecule has 0 atom stereocenters. The van der Waals surface area contributed by atoms with Crippen molar-refractivity contribution in [1.82, 2.24) is 4.31 Å². The lowest BCUT2D eigenvalue weighted by atomic mass is 10.0. The summed E-state index contributed by atoms with van der Waals surface area (Å²) in [4.78, 5) is 11.0. The first-order chi connectivity index (χ1) is 9.32. The molecule has 0 unspecified atom stereocenters. The summed E-state index contributed by atoms with van der Waals surface area (Å²) in [5.74, 6) is -0.842. The molecule has 1 saturated heterocycles. The van der Waals surface area contributed by atoms with Crippen LogP contribution in [0.1, 0.15) is 35.7 Å². The largest absolute Gasteiger partial charge is 0.545 e. The van der Waals surface area contributed by atoms with Gasteiger partial charge in [0.25, 0.3) is 0 Å². The minimum absolute atomic E-state index is 0.0637. The molecule has 0 bridgehead atoms. The molecule has 1 aliphatic rings. The van der Waals surface area contributed by atoms with Crippen LogP contribution in [0, 0.1) is 12.8 Å². The third-order valence-corrected chi connectivity index (χ3v) is 5.82. The van der Waals surface area contributed by atoms with Gasteiger partial charge in [-0.3, -0.25) is 0 Å². The van der Waals surface area contributed by atoms with Crippen LogP contribution >= 0.6 is 0 Å². The second kappa shape index (κ2) is 5.54. The van der Waals surface area contributed by atoms with Gasteiger partial charge in [-0.05, 0) is 42.9 Å². The average Bonchev–Trinajstić information content (AvgIpc) is 2.39. The van der Waals surface area contributed by atoms with Gasteiger partial charge in [0.05, 0.1) is 10.9 Å². The normalized spacial score (nSPS) is 18.1. The number of sulfonamides is 1. The lowest BCUT2D eigenvalue weighted by molar-refractivity contribution is -0.255. The average molecular weight is 296 g/mol. The zero-order chi connectivity index (χ0) is 14.9. The van der Waals surface area contributed by atoms with Crippen LogP contribution in [0.15, 0.2) is 23.1 Å². The molecule has 0 radical (unpaired) electrons. The Labute approximate surface area is 119 Å². The van der Waals surface area contributed by atoms with Gasteiger partial charge in [-0.2, -0.15) is 4.31 Å². The van der Waals surface area contributed by atoms with Gasteiger partial charge in [-0.1, -0.05) is 19.1 Å². The van der Waals surface area contributed by atoms with Gasteiger partial charge in [-0.25, -0.2) is 8.42 Å². The van der Waals surface area contributed by atoms with Crippen molar-refractivity contribution in [1.29, 1.82) is 0 Å². The molecular formula is C14H18NO4S-.